The summed E-state index contributed by atoms with van der Waals surface area (Å²) in [6, 6.07) is 14.7. The van der Waals surface area contributed by atoms with Crippen LogP contribution < -0.4 is 0 Å². The van der Waals surface area contributed by atoms with Gasteiger partial charge in [0.15, 0.2) is 0 Å². The van der Waals surface area contributed by atoms with Gasteiger partial charge in [-0.3, -0.25) is 0 Å². The minimum atomic E-state index is -1.60. The van der Waals surface area contributed by atoms with Gasteiger partial charge in [0, 0.05) is 23.5 Å². The molecule has 0 fully saturated rings. The Kier molecular flexibility index (Phi) is 5.49. The van der Waals surface area contributed by atoms with E-state index in [0.717, 1.165) is 11.1 Å². The Morgan fingerprint density at radius 1 is 0.867 bits per heavy atom. The summed E-state index contributed by atoms with van der Waals surface area (Å²) in [5, 5.41) is 20.9. The molecule has 0 saturated heterocycles. The van der Waals surface area contributed by atoms with E-state index in [4.69, 9.17) is 0 Å². The van der Waals surface area contributed by atoms with Crippen LogP contribution in [0.15, 0.2) is 61.2 Å². The first-order valence-electron chi connectivity index (χ1n) is 9.81. The lowest BCUT2D eigenvalue weighted by Gasteiger charge is -2.41. The summed E-state index contributed by atoms with van der Waals surface area (Å²) >= 11 is 0. The molecule has 5 heteroatoms. The van der Waals surface area contributed by atoms with Crippen LogP contribution in [-0.4, -0.2) is 15.1 Å². The lowest BCUT2D eigenvalue weighted by molar-refractivity contribution is -0.0292. The fourth-order valence-corrected chi connectivity index (χ4v) is 3.61. The first-order valence-corrected chi connectivity index (χ1v) is 9.81. The quantitative estimate of drug-likeness (QED) is 0.636. The molecule has 0 aliphatic carbocycles. The molecule has 0 radical (unpaired) electrons. The third kappa shape index (κ3) is 3.71. The van der Waals surface area contributed by atoms with E-state index >= 15 is 4.39 Å². The number of hydrogen-bond donors (Lipinski definition) is 1. The van der Waals surface area contributed by atoms with Crippen LogP contribution in [0.1, 0.15) is 51.3 Å². The van der Waals surface area contributed by atoms with Gasteiger partial charge in [-0.15, -0.1) is 0 Å². The maximum absolute atomic E-state index is 15.3. The van der Waals surface area contributed by atoms with Crippen LogP contribution >= 0.6 is 0 Å². The zero-order valence-electron chi connectivity index (χ0n) is 17.9. The highest BCUT2D eigenvalue weighted by Crippen LogP contribution is 2.45. The maximum atomic E-state index is 15.3. The number of halogens is 1. The molecule has 0 spiro atoms. The molecule has 0 bridgehead atoms. The zero-order chi connectivity index (χ0) is 22.2. The fraction of sp³-hybridized carbons (Fsp3) is 0.320. The first kappa shape index (κ1) is 21.6. The zero-order valence-corrected chi connectivity index (χ0v) is 17.9. The Morgan fingerprint density at radius 2 is 1.43 bits per heavy atom. The van der Waals surface area contributed by atoms with Crippen molar-refractivity contribution in [3.63, 3.8) is 0 Å². The minimum absolute atomic E-state index is 0.177. The second-order valence-electron chi connectivity index (χ2n) is 9.10. The van der Waals surface area contributed by atoms with Crippen molar-refractivity contribution < 1.29 is 9.50 Å². The van der Waals surface area contributed by atoms with E-state index in [0.29, 0.717) is 11.1 Å². The van der Waals surface area contributed by atoms with Crippen molar-refractivity contribution in [2.75, 3.05) is 0 Å². The lowest BCUT2D eigenvalue weighted by Crippen LogP contribution is -2.42. The molecule has 3 rings (SSSR count). The van der Waals surface area contributed by atoms with Gasteiger partial charge in [-0.05, 0) is 42.0 Å². The summed E-state index contributed by atoms with van der Waals surface area (Å²) in [7, 11) is 0. The van der Waals surface area contributed by atoms with Gasteiger partial charge >= 0.3 is 0 Å². The first-order chi connectivity index (χ1) is 14.0. The van der Waals surface area contributed by atoms with Crippen molar-refractivity contribution in [3.05, 3.63) is 83.7 Å². The molecule has 4 nitrogen and oxygen atoms in total. The monoisotopic (exact) mass is 403 g/mol. The molecule has 2 aromatic carbocycles. The van der Waals surface area contributed by atoms with Crippen molar-refractivity contribution in [2.45, 2.75) is 45.6 Å². The molecule has 3 aromatic rings. The Labute approximate surface area is 177 Å². The van der Waals surface area contributed by atoms with Gasteiger partial charge in [0.25, 0.3) is 0 Å². The summed E-state index contributed by atoms with van der Waals surface area (Å²) in [6.07, 6.45) is 4.41. The van der Waals surface area contributed by atoms with Gasteiger partial charge in [-0.2, -0.15) is 5.26 Å². The van der Waals surface area contributed by atoms with Crippen LogP contribution in [0.3, 0.4) is 0 Å². The smallest absolute Gasteiger partial charge is 0.130 e. The fourth-order valence-electron chi connectivity index (χ4n) is 3.61. The maximum Gasteiger partial charge on any atom is 0.130 e. The Bertz CT molecular complexity index is 1080. The standard InChI is InChI=1S/C25H26FN3O/c1-23(2,3)25(30,20-13-28-16-29-14-20)21-11-8-18(12-22(21)26)17-6-9-19(10-7-17)24(4,5)15-27/h6-14,16,30H,1-5H3. The second kappa shape index (κ2) is 7.62. The highest BCUT2D eigenvalue weighted by molar-refractivity contribution is 5.65. The molecule has 0 saturated carbocycles. The predicted octanol–water partition coefficient (Wildman–Crippen LogP) is 5.37. The molecule has 0 aliphatic heterocycles. The molecule has 1 unspecified atom stereocenters. The van der Waals surface area contributed by atoms with Crippen molar-refractivity contribution in [3.8, 4) is 17.2 Å². The molecular formula is C25H26FN3O. The normalized spacial score (nSPS) is 14.1. The third-order valence-electron chi connectivity index (χ3n) is 5.64. The van der Waals surface area contributed by atoms with Crippen molar-refractivity contribution >= 4 is 0 Å². The minimum Gasteiger partial charge on any atom is -0.380 e. The van der Waals surface area contributed by atoms with E-state index in [1.807, 2.05) is 58.9 Å². The molecule has 1 atom stereocenters. The van der Waals surface area contributed by atoms with Gasteiger partial charge < -0.3 is 5.11 Å². The van der Waals surface area contributed by atoms with Crippen LogP contribution in [0.5, 0.6) is 0 Å². The van der Waals surface area contributed by atoms with E-state index in [1.165, 1.54) is 24.8 Å². The van der Waals surface area contributed by atoms with E-state index < -0.39 is 22.2 Å². The van der Waals surface area contributed by atoms with Crippen LogP contribution in [0, 0.1) is 22.6 Å². The summed E-state index contributed by atoms with van der Waals surface area (Å²) in [4.78, 5) is 8.01. The second-order valence-corrected chi connectivity index (χ2v) is 9.10. The van der Waals surface area contributed by atoms with Crippen LogP contribution in [-0.2, 0) is 11.0 Å². The average Bonchev–Trinajstić information content (AvgIpc) is 2.73. The molecule has 0 amide bonds. The molecule has 30 heavy (non-hydrogen) atoms. The molecule has 1 aromatic heterocycles. The van der Waals surface area contributed by atoms with Crippen molar-refractivity contribution in [1.29, 1.82) is 5.26 Å². The Balaban J connectivity index is 2.06. The van der Waals surface area contributed by atoms with E-state index in [9.17, 15) is 10.4 Å². The molecule has 154 valence electrons. The number of aromatic nitrogens is 2. The van der Waals surface area contributed by atoms with E-state index in [-0.39, 0.29) is 5.56 Å². The number of nitriles is 1. The average molecular weight is 404 g/mol. The Hall–Kier alpha value is -3.10. The van der Waals surface area contributed by atoms with Gasteiger partial charge in [0.2, 0.25) is 0 Å². The van der Waals surface area contributed by atoms with E-state index in [2.05, 4.69) is 16.0 Å². The molecule has 1 heterocycles. The van der Waals surface area contributed by atoms with Gasteiger partial charge in [0.05, 0.1) is 11.5 Å². The largest absolute Gasteiger partial charge is 0.380 e. The van der Waals surface area contributed by atoms with Crippen LogP contribution in [0.25, 0.3) is 11.1 Å². The van der Waals surface area contributed by atoms with Gasteiger partial charge in [-0.1, -0.05) is 57.2 Å². The topological polar surface area (TPSA) is 69.8 Å². The van der Waals surface area contributed by atoms with Crippen molar-refractivity contribution in [1.82, 2.24) is 9.97 Å². The summed E-state index contributed by atoms with van der Waals surface area (Å²) in [6.45, 7) is 9.27. The van der Waals surface area contributed by atoms with Crippen molar-refractivity contribution in [2.24, 2.45) is 5.41 Å². The summed E-state index contributed by atoms with van der Waals surface area (Å²) in [5.74, 6) is -0.504. The molecular weight excluding hydrogens is 377 g/mol. The third-order valence-corrected chi connectivity index (χ3v) is 5.64. The number of hydrogen-bond acceptors (Lipinski definition) is 4. The number of nitrogens with zero attached hydrogens (tertiary/aromatic N) is 3. The van der Waals surface area contributed by atoms with E-state index in [1.54, 1.807) is 12.1 Å². The van der Waals surface area contributed by atoms with Crippen LogP contribution in [0.2, 0.25) is 0 Å². The lowest BCUT2D eigenvalue weighted by atomic mass is 9.68. The Morgan fingerprint density at radius 3 is 1.93 bits per heavy atom. The summed E-state index contributed by atoms with van der Waals surface area (Å²) in [5.41, 5.74) is 0.148. The predicted molar refractivity (Wildman–Crippen MR) is 115 cm³/mol. The van der Waals surface area contributed by atoms with Gasteiger partial charge in [-0.25, -0.2) is 14.4 Å². The number of rotatable bonds is 4. The highest BCUT2D eigenvalue weighted by Gasteiger charge is 2.45. The number of benzene rings is 2. The van der Waals surface area contributed by atoms with Crippen LogP contribution in [0.4, 0.5) is 4.39 Å². The molecule has 1 N–H and O–H groups in total. The molecule has 0 aliphatic rings. The van der Waals surface area contributed by atoms with Gasteiger partial charge in [0.1, 0.15) is 17.7 Å². The SMILES string of the molecule is CC(C)(C#N)c1ccc(-c2ccc(C(O)(c3cncnc3)C(C)(C)C)c(F)c2)cc1. The highest BCUT2D eigenvalue weighted by atomic mass is 19.1. The summed E-state index contributed by atoms with van der Waals surface area (Å²) < 4.78 is 15.3. The number of aliphatic hydroxyl groups is 1.